The molecule has 0 radical (unpaired) electrons. The van der Waals surface area contributed by atoms with E-state index < -0.39 is 11.6 Å². The van der Waals surface area contributed by atoms with Crippen LogP contribution in [0.25, 0.3) is 0 Å². The summed E-state index contributed by atoms with van der Waals surface area (Å²) in [5, 5.41) is 18.8. The number of anilines is 1. The molecule has 2 aromatic rings. The van der Waals surface area contributed by atoms with Gasteiger partial charge in [0.15, 0.2) is 11.6 Å². The minimum absolute atomic E-state index is 0.0474. The average Bonchev–Trinajstić information content (AvgIpc) is 2.78. The Kier molecular flexibility index (Phi) is 3.71. The summed E-state index contributed by atoms with van der Waals surface area (Å²) in [6.45, 7) is 0.312. The topological polar surface area (TPSA) is 66.5 Å². The van der Waals surface area contributed by atoms with E-state index in [2.05, 4.69) is 15.5 Å². The molecule has 0 saturated carbocycles. The Morgan fingerprint density at radius 2 is 2.05 bits per heavy atom. The van der Waals surface area contributed by atoms with Crippen LogP contribution >= 0.6 is 0 Å². The molecule has 0 aliphatic carbocycles. The summed E-state index contributed by atoms with van der Waals surface area (Å²) in [5.41, 5.74) is -0.282. The summed E-state index contributed by atoms with van der Waals surface area (Å²) < 4.78 is 28.8. The maximum absolute atomic E-state index is 13.6. The quantitative estimate of drug-likeness (QED) is 0.910. The van der Waals surface area contributed by atoms with E-state index in [4.69, 9.17) is 5.26 Å². The van der Waals surface area contributed by atoms with Gasteiger partial charge in [0.1, 0.15) is 17.8 Å². The van der Waals surface area contributed by atoms with E-state index in [1.54, 1.807) is 24.0 Å². The van der Waals surface area contributed by atoms with E-state index in [1.807, 2.05) is 0 Å². The van der Waals surface area contributed by atoms with Crippen LogP contribution in [0, 0.1) is 23.0 Å². The lowest BCUT2D eigenvalue weighted by atomic mass is 10.2. The van der Waals surface area contributed by atoms with Crippen molar-refractivity contribution in [2.75, 3.05) is 11.9 Å². The lowest BCUT2D eigenvalue weighted by Crippen LogP contribution is -2.11. The average molecular weight is 263 g/mol. The van der Waals surface area contributed by atoms with Crippen LogP contribution in [0.1, 0.15) is 11.4 Å². The van der Waals surface area contributed by atoms with Gasteiger partial charge in [-0.1, -0.05) is 0 Å². The second kappa shape index (κ2) is 5.44. The van der Waals surface area contributed by atoms with Crippen molar-refractivity contribution in [3.05, 3.63) is 41.5 Å². The van der Waals surface area contributed by atoms with Crippen LogP contribution in [-0.4, -0.2) is 21.3 Å². The van der Waals surface area contributed by atoms with Crippen LogP contribution in [0.15, 0.2) is 18.5 Å². The number of hydrogen-bond donors (Lipinski definition) is 1. The zero-order valence-corrected chi connectivity index (χ0v) is 10.2. The molecular weight excluding hydrogens is 252 g/mol. The predicted molar refractivity (Wildman–Crippen MR) is 64.3 cm³/mol. The van der Waals surface area contributed by atoms with Gasteiger partial charge in [-0.15, -0.1) is 10.2 Å². The molecule has 0 atom stereocenters. The molecule has 1 aromatic carbocycles. The fraction of sp³-hybridized carbons (Fsp3) is 0.250. The van der Waals surface area contributed by atoms with Crippen molar-refractivity contribution in [2.24, 2.45) is 7.05 Å². The van der Waals surface area contributed by atoms with Crippen molar-refractivity contribution >= 4 is 5.69 Å². The number of aryl methyl sites for hydroxylation is 1. The lowest BCUT2D eigenvalue weighted by Gasteiger charge is -2.08. The maximum atomic E-state index is 13.6. The minimum atomic E-state index is -0.783. The summed E-state index contributed by atoms with van der Waals surface area (Å²) in [4.78, 5) is 0. The van der Waals surface area contributed by atoms with E-state index in [0.29, 0.717) is 18.8 Å². The highest BCUT2D eigenvalue weighted by atomic mass is 19.1. The van der Waals surface area contributed by atoms with Gasteiger partial charge in [-0.25, -0.2) is 8.78 Å². The Balaban J connectivity index is 2.04. The Morgan fingerprint density at radius 1 is 1.37 bits per heavy atom. The number of aromatic nitrogens is 3. The summed E-state index contributed by atoms with van der Waals surface area (Å²) in [6.07, 6.45) is 2.04. The summed E-state index contributed by atoms with van der Waals surface area (Å²) in [7, 11) is 1.79. The number of rotatable bonds is 4. The Hall–Kier alpha value is -2.49. The molecule has 1 aromatic heterocycles. The van der Waals surface area contributed by atoms with Crippen LogP contribution < -0.4 is 5.32 Å². The number of halogens is 2. The lowest BCUT2D eigenvalue weighted by molar-refractivity contribution is 0.587. The molecular formula is C12H11F2N5. The normalized spacial score (nSPS) is 10.2. The number of nitrogens with zero attached hydrogens (tertiary/aromatic N) is 4. The van der Waals surface area contributed by atoms with Gasteiger partial charge in [0.25, 0.3) is 0 Å². The molecule has 1 N–H and O–H groups in total. The highest BCUT2D eigenvalue weighted by Crippen LogP contribution is 2.20. The number of benzene rings is 1. The standard InChI is InChI=1S/C12H11F2N5/c1-19-7-17-18-11(19)2-3-16-12-9(13)4-8(6-15)5-10(12)14/h4-5,7,16H,2-3H2,1H3. The molecule has 1 heterocycles. The fourth-order valence-electron chi connectivity index (χ4n) is 1.64. The van der Waals surface area contributed by atoms with Crippen molar-refractivity contribution in [1.29, 1.82) is 5.26 Å². The van der Waals surface area contributed by atoms with E-state index in [0.717, 1.165) is 12.1 Å². The molecule has 0 spiro atoms. The predicted octanol–water partition coefficient (Wildman–Crippen LogP) is 1.62. The first-order valence-corrected chi connectivity index (χ1v) is 5.57. The van der Waals surface area contributed by atoms with E-state index in [-0.39, 0.29) is 11.3 Å². The maximum Gasteiger partial charge on any atom is 0.150 e. The monoisotopic (exact) mass is 263 g/mol. The van der Waals surface area contributed by atoms with Gasteiger partial charge in [-0.3, -0.25) is 0 Å². The van der Waals surface area contributed by atoms with E-state index in [1.165, 1.54) is 0 Å². The largest absolute Gasteiger partial charge is 0.380 e. The molecule has 0 unspecified atom stereocenters. The first-order chi connectivity index (χ1) is 9.11. The van der Waals surface area contributed by atoms with Crippen LogP contribution in [-0.2, 0) is 13.5 Å². The molecule has 0 fully saturated rings. The molecule has 0 bridgehead atoms. The van der Waals surface area contributed by atoms with Gasteiger partial charge in [-0.05, 0) is 12.1 Å². The molecule has 7 heteroatoms. The first kappa shape index (κ1) is 13.0. The van der Waals surface area contributed by atoms with E-state index in [9.17, 15) is 8.78 Å². The summed E-state index contributed by atoms with van der Waals surface area (Å²) >= 11 is 0. The van der Waals surface area contributed by atoms with Crippen molar-refractivity contribution in [2.45, 2.75) is 6.42 Å². The van der Waals surface area contributed by atoms with Gasteiger partial charge in [-0.2, -0.15) is 5.26 Å². The Morgan fingerprint density at radius 3 is 2.58 bits per heavy atom. The molecule has 19 heavy (non-hydrogen) atoms. The van der Waals surface area contributed by atoms with Crippen LogP contribution in [0.4, 0.5) is 14.5 Å². The van der Waals surface area contributed by atoms with E-state index >= 15 is 0 Å². The third-order valence-electron chi connectivity index (χ3n) is 2.63. The molecule has 2 rings (SSSR count). The van der Waals surface area contributed by atoms with Crippen molar-refractivity contribution in [1.82, 2.24) is 14.8 Å². The van der Waals surface area contributed by atoms with Crippen molar-refractivity contribution < 1.29 is 8.78 Å². The fourth-order valence-corrected chi connectivity index (χ4v) is 1.64. The number of nitrogens with one attached hydrogen (secondary N) is 1. The SMILES string of the molecule is Cn1cnnc1CCNc1c(F)cc(C#N)cc1F. The van der Waals surface area contributed by atoms with Gasteiger partial charge < -0.3 is 9.88 Å². The molecule has 0 aliphatic rings. The third kappa shape index (κ3) is 2.85. The highest BCUT2D eigenvalue weighted by Gasteiger charge is 2.11. The second-order valence-electron chi connectivity index (χ2n) is 3.96. The molecule has 0 amide bonds. The van der Waals surface area contributed by atoms with Gasteiger partial charge in [0, 0.05) is 20.0 Å². The minimum Gasteiger partial charge on any atom is -0.380 e. The second-order valence-corrected chi connectivity index (χ2v) is 3.96. The molecule has 0 saturated heterocycles. The first-order valence-electron chi connectivity index (χ1n) is 5.57. The zero-order chi connectivity index (χ0) is 13.8. The molecule has 0 aliphatic heterocycles. The third-order valence-corrected chi connectivity index (χ3v) is 2.63. The van der Waals surface area contributed by atoms with Crippen molar-refractivity contribution in [3.63, 3.8) is 0 Å². The number of nitriles is 1. The summed E-state index contributed by atoms with van der Waals surface area (Å²) in [5.74, 6) is -0.856. The van der Waals surface area contributed by atoms with Gasteiger partial charge in [0.05, 0.1) is 11.6 Å². The highest BCUT2D eigenvalue weighted by molar-refractivity contribution is 5.50. The Bertz CT molecular complexity index is 606. The number of hydrogen-bond acceptors (Lipinski definition) is 4. The summed E-state index contributed by atoms with van der Waals surface area (Å²) in [6, 6.07) is 3.68. The van der Waals surface area contributed by atoms with Gasteiger partial charge >= 0.3 is 0 Å². The molecule has 98 valence electrons. The smallest absolute Gasteiger partial charge is 0.150 e. The zero-order valence-electron chi connectivity index (χ0n) is 10.2. The van der Waals surface area contributed by atoms with Gasteiger partial charge in [0.2, 0.25) is 0 Å². The Labute approximate surface area is 108 Å². The van der Waals surface area contributed by atoms with Crippen LogP contribution in [0.3, 0.4) is 0 Å². The van der Waals surface area contributed by atoms with Crippen molar-refractivity contribution in [3.8, 4) is 6.07 Å². The molecule has 5 nitrogen and oxygen atoms in total. The van der Waals surface area contributed by atoms with Crippen LogP contribution in [0.2, 0.25) is 0 Å². The van der Waals surface area contributed by atoms with Crippen LogP contribution in [0.5, 0.6) is 0 Å².